The maximum Gasteiger partial charge on any atom is 0.407 e. The van der Waals surface area contributed by atoms with E-state index in [0.29, 0.717) is 5.75 Å². The molecule has 1 aliphatic carbocycles. The molecule has 0 fully saturated rings. The van der Waals surface area contributed by atoms with Crippen molar-refractivity contribution in [2.75, 3.05) is 19.0 Å². The molecule has 180 valence electrons. The molecule has 4 rings (SSSR count). The topological polar surface area (TPSA) is 114 Å². The van der Waals surface area contributed by atoms with Crippen LogP contribution in [0, 0.1) is 0 Å². The summed E-state index contributed by atoms with van der Waals surface area (Å²) in [6, 6.07) is 19.4. The summed E-state index contributed by atoms with van der Waals surface area (Å²) in [5.41, 5.74) is 4.41. The molecule has 0 bridgehead atoms. The first kappa shape index (κ1) is 23.8. The Kier molecular flexibility index (Phi) is 7.01. The maximum absolute atomic E-state index is 12.8. The summed E-state index contributed by atoms with van der Waals surface area (Å²) in [5.74, 6) is -1.51. The molecule has 0 aromatic heterocycles. The Morgan fingerprint density at radius 2 is 1.60 bits per heavy atom. The Hall–Kier alpha value is -4.33. The van der Waals surface area contributed by atoms with Crippen LogP contribution < -0.4 is 15.4 Å². The average molecular weight is 475 g/mol. The lowest BCUT2D eigenvalue weighted by atomic mass is 9.98. The number of nitrogens with one attached hydrogen (secondary N) is 2. The fraction of sp³-hybridized carbons (Fsp3) is 0.222. The highest BCUT2D eigenvalue weighted by atomic mass is 16.5. The van der Waals surface area contributed by atoms with Crippen molar-refractivity contribution in [1.29, 1.82) is 0 Å². The minimum absolute atomic E-state index is 0.0977. The van der Waals surface area contributed by atoms with E-state index in [1.807, 2.05) is 36.4 Å². The van der Waals surface area contributed by atoms with E-state index in [2.05, 4.69) is 22.8 Å². The number of carbonyl (C=O) groups excluding carboxylic acids is 2. The average Bonchev–Trinajstić information content (AvgIpc) is 3.19. The van der Waals surface area contributed by atoms with Gasteiger partial charge >= 0.3 is 12.1 Å². The summed E-state index contributed by atoms with van der Waals surface area (Å²) in [7, 11) is 1.42. The number of amides is 2. The highest BCUT2D eigenvalue weighted by Crippen LogP contribution is 2.44. The Morgan fingerprint density at radius 3 is 2.17 bits per heavy atom. The molecule has 0 radical (unpaired) electrons. The summed E-state index contributed by atoms with van der Waals surface area (Å²) in [6.45, 7) is 1.86. The largest absolute Gasteiger partial charge is 0.497 e. The van der Waals surface area contributed by atoms with Crippen molar-refractivity contribution in [1.82, 2.24) is 5.32 Å². The second-order valence-corrected chi connectivity index (χ2v) is 8.14. The third kappa shape index (κ3) is 4.96. The number of anilines is 1. The summed E-state index contributed by atoms with van der Waals surface area (Å²) in [5, 5.41) is 14.6. The van der Waals surface area contributed by atoms with E-state index in [1.165, 1.54) is 19.2 Å². The standard InChI is InChI=1S/C27H26N2O6/c1-3-23(25(30)28-24-13-12-16(34-2)14-21(24)26(31)32)29-27(33)35-15-22-19-10-6-4-8-17(19)18-9-5-7-11-20(18)22/h4-14,22-23H,3,15H2,1-2H3,(H,28,30)(H,29,33)(H,31,32)/t23-/m1/s1. The SMILES string of the molecule is CC[C@@H](NC(=O)OCC1c2ccccc2-c2ccccc21)C(=O)Nc1ccc(OC)cc1C(=O)O. The number of alkyl carbamates (subject to hydrolysis) is 1. The minimum atomic E-state index is -1.21. The number of hydrogen-bond donors (Lipinski definition) is 3. The maximum atomic E-state index is 12.8. The molecule has 0 aliphatic heterocycles. The highest BCUT2D eigenvalue weighted by molar-refractivity contribution is 6.03. The minimum Gasteiger partial charge on any atom is -0.497 e. The molecule has 8 heteroatoms. The van der Waals surface area contributed by atoms with Gasteiger partial charge in [0, 0.05) is 5.92 Å². The fourth-order valence-electron chi connectivity index (χ4n) is 4.29. The van der Waals surface area contributed by atoms with Crippen LogP contribution >= 0.6 is 0 Å². The van der Waals surface area contributed by atoms with Crippen molar-refractivity contribution < 1.29 is 29.0 Å². The first-order valence-corrected chi connectivity index (χ1v) is 11.3. The Morgan fingerprint density at radius 1 is 0.971 bits per heavy atom. The molecule has 0 spiro atoms. The van der Waals surface area contributed by atoms with Gasteiger partial charge in [-0.15, -0.1) is 0 Å². The first-order chi connectivity index (χ1) is 16.9. The molecule has 0 heterocycles. The normalized spacial score (nSPS) is 12.7. The van der Waals surface area contributed by atoms with Gasteiger partial charge < -0.3 is 25.2 Å². The summed E-state index contributed by atoms with van der Waals surface area (Å²) >= 11 is 0. The van der Waals surface area contributed by atoms with Crippen molar-refractivity contribution in [3.63, 3.8) is 0 Å². The molecule has 0 saturated carbocycles. The van der Waals surface area contributed by atoms with E-state index in [-0.39, 0.29) is 30.2 Å². The zero-order valence-corrected chi connectivity index (χ0v) is 19.4. The van der Waals surface area contributed by atoms with E-state index in [0.717, 1.165) is 22.3 Å². The number of benzene rings is 3. The quantitative estimate of drug-likeness (QED) is 0.438. The Bertz CT molecular complexity index is 1230. The number of rotatable bonds is 8. The van der Waals surface area contributed by atoms with Crippen LogP contribution in [-0.4, -0.2) is 42.8 Å². The van der Waals surface area contributed by atoms with Gasteiger partial charge in [-0.3, -0.25) is 4.79 Å². The van der Waals surface area contributed by atoms with Gasteiger partial charge in [0.05, 0.1) is 18.4 Å². The van der Waals surface area contributed by atoms with Gasteiger partial charge in [-0.2, -0.15) is 0 Å². The van der Waals surface area contributed by atoms with Gasteiger partial charge in [-0.25, -0.2) is 9.59 Å². The highest BCUT2D eigenvalue weighted by Gasteiger charge is 2.29. The molecule has 0 saturated heterocycles. The van der Waals surface area contributed by atoms with Crippen LogP contribution in [0.15, 0.2) is 66.7 Å². The van der Waals surface area contributed by atoms with Crippen LogP contribution in [0.3, 0.4) is 0 Å². The number of carbonyl (C=O) groups is 3. The predicted octanol–water partition coefficient (Wildman–Crippen LogP) is 4.65. The lowest BCUT2D eigenvalue weighted by molar-refractivity contribution is -0.118. The van der Waals surface area contributed by atoms with Crippen LogP contribution in [0.2, 0.25) is 0 Å². The molecule has 2 amide bonds. The molecule has 1 atom stereocenters. The van der Waals surface area contributed by atoms with Crippen molar-refractivity contribution in [3.05, 3.63) is 83.4 Å². The smallest absolute Gasteiger partial charge is 0.407 e. The van der Waals surface area contributed by atoms with E-state index < -0.39 is 24.0 Å². The van der Waals surface area contributed by atoms with E-state index in [1.54, 1.807) is 13.0 Å². The fourth-order valence-corrected chi connectivity index (χ4v) is 4.29. The number of carboxylic acids is 1. The number of hydrogen-bond acceptors (Lipinski definition) is 5. The lowest BCUT2D eigenvalue weighted by Crippen LogP contribution is -2.44. The van der Waals surface area contributed by atoms with Crippen molar-refractivity contribution in [3.8, 4) is 16.9 Å². The first-order valence-electron chi connectivity index (χ1n) is 11.3. The van der Waals surface area contributed by atoms with E-state index >= 15 is 0 Å². The second-order valence-electron chi connectivity index (χ2n) is 8.14. The van der Waals surface area contributed by atoms with Crippen molar-refractivity contribution >= 4 is 23.7 Å². The van der Waals surface area contributed by atoms with Crippen LogP contribution in [0.25, 0.3) is 11.1 Å². The van der Waals surface area contributed by atoms with Gasteiger partial charge in [0.15, 0.2) is 0 Å². The number of methoxy groups -OCH3 is 1. The zero-order valence-electron chi connectivity index (χ0n) is 19.4. The molecular formula is C27H26N2O6. The summed E-state index contributed by atoms with van der Waals surface area (Å²) in [6.07, 6.45) is -0.434. The van der Waals surface area contributed by atoms with Crippen LogP contribution in [0.5, 0.6) is 5.75 Å². The van der Waals surface area contributed by atoms with Crippen molar-refractivity contribution in [2.45, 2.75) is 25.3 Å². The molecule has 3 N–H and O–H groups in total. The van der Waals surface area contributed by atoms with Gasteiger partial charge in [-0.05, 0) is 46.9 Å². The van der Waals surface area contributed by atoms with Gasteiger partial charge in [0.2, 0.25) is 5.91 Å². The monoisotopic (exact) mass is 474 g/mol. The lowest BCUT2D eigenvalue weighted by Gasteiger charge is -2.19. The van der Waals surface area contributed by atoms with Crippen molar-refractivity contribution in [2.24, 2.45) is 0 Å². The van der Waals surface area contributed by atoms with Crippen LogP contribution in [0.1, 0.15) is 40.7 Å². The summed E-state index contributed by atoms with van der Waals surface area (Å²) in [4.78, 5) is 37.0. The van der Waals surface area contributed by atoms with Gasteiger partial charge in [-0.1, -0.05) is 55.5 Å². The van der Waals surface area contributed by atoms with E-state index in [4.69, 9.17) is 9.47 Å². The molecule has 1 aliphatic rings. The van der Waals surface area contributed by atoms with Gasteiger partial charge in [0.25, 0.3) is 0 Å². The molecular weight excluding hydrogens is 448 g/mol. The number of fused-ring (bicyclic) bond motifs is 3. The van der Waals surface area contributed by atoms with Gasteiger partial charge in [0.1, 0.15) is 18.4 Å². The molecule has 0 unspecified atom stereocenters. The predicted molar refractivity (Wildman–Crippen MR) is 131 cm³/mol. The summed E-state index contributed by atoms with van der Waals surface area (Å²) < 4.78 is 10.6. The second kappa shape index (κ2) is 10.3. The number of carboxylic acid groups (broad SMARTS) is 1. The molecule has 3 aromatic carbocycles. The van der Waals surface area contributed by atoms with Crippen LogP contribution in [0.4, 0.5) is 10.5 Å². The molecule has 35 heavy (non-hydrogen) atoms. The number of ether oxygens (including phenoxy) is 2. The third-order valence-corrected chi connectivity index (χ3v) is 6.08. The van der Waals surface area contributed by atoms with Crippen LogP contribution in [-0.2, 0) is 9.53 Å². The molecule has 3 aromatic rings. The molecule has 8 nitrogen and oxygen atoms in total. The zero-order chi connectivity index (χ0) is 24.9. The Labute approximate surface area is 202 Å². The Balaban J connectivity index is 1.41. The number of aromatic carboxylic acids is 1. The third-order valence-electron chi connectivity index (χ3n) is 6.08. The van der Waals surface area contributed by atoms with E-state index in [9.17, 15) is 19.5 Å².